The van der Waals surface area contributed by atoms with Gasteiger partial charge < -0.3 is 10.6 Å². The van der Waals surface area contributed by atoms with Gasteiger partial charge in [0.1, 0.15) is 0 Å². The molecule has 0 radical (unpaired) electrons. The lowest BCUT2D eigenvalue weighted by Crippen LogP contribution is -2.34. The van der Waals surface area contributed by atoms with Crippen molar-refractivity contribution < 1.29 is 0 Å². The first-order valence-corrected chi connectivity index (χ1v) is 7.72. The smallest absolute Gasteiger partial charge is 0.195 e. The maximum atomic E-state index is 5.99. The Morgan fingerprint density at radius 3 is 2.63 bits per heavy atom. The molecule has 2 rings (SSSR count). The molecule has 5 heteroatoms. The van der Waals surface area contributed by atoms with E-state index in [1.54, 1.807) is 11.3 Å². The number of anilines is 1. The van der Waals surface area contributed by atoms with Crippen LogP contribution in [0.2, 0.25) is 0 Å². The Bertz CT molecular complexity index is 541. The fourth-order valence-electron chi connectivity index (χ4n) is 2.24. The minimum absolute atomic E-state index is 0.140. The van der Waals surface area contributed by atoms with Crippen molar-refractivity contribution in [2.45, 2.75) is 46.2 Å². The van der Waals surface area contributed by atoms with Gasteiger partial charge in [-0.1, -0.05) is 13.8 Å². The zero-order valence-electron chi connectivity index (χ0n) is 12.4. The molecule has 0 aromatic carbocycles. The Morgan fingerprint density at radius 2 is 2.05 bits per heavy atom. The number of nitrogens with zero attached hydrogens (tertiary/aromatic N) is 3. The molecule has 0 aliphatic heterocycles. The summed E-state index contributed by atoms with van der Waals surface area (Å²) < 4.78 is 2.17. The van der Waals surface area contributed by atoms with Crippen LogP contribution in [0.3, 0.4) is 0 Å². The first-order valence-electron chi connectivity index (χ1n) is 6.84. The fourth-order valence-corrected chi connectivity index (χ4v) is 2.97. The van der Waals surface area contributed by atoms with Gasteiger partial charge in [0.15, 0.2) is 10.8 Å². The molecular weight excluding hydrogens is 256 g/mol. The van der Waals surface area contributed by atoms with E-state index in [1.165, 1.54) is 5.69 Å². The van der Waals surface area contributed by atoms with E-state index in [0.29, 0.717) is 12.0 Å². The summed E-state index contributed by atoms with van der Waals surface area (Å²) >= 11 is 1.67. The van der Waals surface area contributed by atoms with E-state index >= 15 is 0 Å². The monoisotopic (exact) mass is 280 g/mol. The Morgan fingerprint density at radius 1 is 1.37 bits per heavy atom. The predicted molar refractivity (Wildman–Crippen MR) is 83.1 cm³/mol. The number of fused-ring (bicyclic) bond motifs is 1. The van der Waals surface area contributed by atoms with Crippen LogP contribution in [0, 0.1) is 5.92 Å². The van der Waals surface area contributed by atoms with Gasteiger partial charge in [0.25, 0.3) is 0 Å². The molecular formula is C14H24N4S. The second kappa shape index (κ2) is 5.51. The van der Waals surface area contributed by atoms with E-state index in [4.69, 9.17) is 10.7 Å². The van der Waals surface area contributed by atoms with E-state index in [1.807, 2.05) is 6.92 Å². The summed E-state index contributed by atoms with van der Waals surface area (Å²) in [5.41, 5.74) is 7.22. The molecule has 19 heavy (non-hydrogen) atoms. The summed E-state index contributed by atoms with van der Waals surface area (Å²) in [5.74, 6) is 1.67. The summed E-state index contributed by atoms with van der Waals surface area (Å²) in [7, 11) is 2.13. The van der Waals surface area contributed by atoms with Crippen LogP contribution in [0.15, 0.2) is 11.6 Å². The highest BCUT2D eigenvalue weighted by Gasteiger charge is 2.22. The molecule has 0 aliphatic rings. The highest BCUT2D eigenvalue weighted by molar-refractivity contribution is 7.15. The largest absolute Gasteiger partial charge is 0.355 e. The lowest BCUT2D eigenvalue weighted by Gasteiger charge is -2.29. The van der Waals surface area contributed by atoms with Gasteiger partial charge in [-0.3, -0.25) is 4.40 Å². The Hall–Kier alpha value is -1.07. The Labute approximate surface area is 119 Å². The van der Waals surface area contributed by atoms with Gasteiger partial charge >= 0.3 is 0 Å². The molecule has 2 unspecified atom stereocenters. The molecule has 2 heterocycles. The van der Waals surface area contributed by atoms with Crippen LogP contribution in [-0.4, -0.2) is 28.5 Å². The maximum absolute atomic E-state index is 5.99. The van der Waals surface area contributed by atoms with Gasteiger partial charge in [0.05, 0.1) is 5.69 Å². The van der Waals surface area contributed by atoms with Gasteiger partial charge in [-0.25, -0.2) is 4.98 Å². The molecule has 2 atom stereocenters. The lowest BCUT2D eigenvalue weighted by atomic mass is 10.0. The number of thiazole rings is 1. The average molecular weight is 280 g/mol. The highest BCUT2D eigenvalue weighted by Crippen LogP contribution is 2.27. The van der Waals surface area contributed by atoms with Crippen LogP contribution >= 0.6 is 11.3 Å². The van der Waals surface area contributed by atoms with Crippen molar-refractivity contribution in [3.05, 3.63) is 17.3 Å². The molecule has 0 saturated carbocycles. The summed E-state index contributed by atoms with van der Waals surface area (Å²) in [6.45, 7) is 8.77. The molecule has 0 saturated heterocycles. The number of hydrogen-bond acceptors (Lipinski definition) is 4. The van der Waals surface area contributed by atoms with Gasteiger partial charge in [-0.05, 0) is 19.8 Å². The highest BCUT2D eigenvalue weighted by atomic mass is 32.1. The van der Waals surface area contributed by atoms with Crippen LogP contribution in [-0.2, 0) is 6.42 Å². The molecule has 4 nitrogen and oxygen atoms in total. The molecule has 2 aromatic rings. The number of hydrogen-bond donors (Lipinski definition) is 1. The van der Waals surface area contributed by atoms with Crippen LogP contribution in [0.25, 0.3) is 4.96 Å². The van der Waals surface area contributed by atoms with Gasteiger partial charge in [-0.2, -0.15) is 0 Å². The van der Waals surface area contributed by atoms with Gasteiger partial charge in [0, 0.05) is 37.1 Å². The van der Waals surface area contributed by atoms with E-state index in [2.05, 4.69) is 48.7 Å². The SMILES string of the molecule is CC(N)Cc1c(N(C)C(C)C(C)C)nc2sccn12. The third kappa shape index (κ3) is 2.77. The van der Waals surface area contributed by atoms with Crippen molar-refractivity contribution in [2.24, 2.45) is 11.7 Å². The third-order valence-corrected chi connectivity index (χ3v) is 4.52. The standard InChI is InChI=1S/C14H24N4S/c1-9(2)11(4)17(5)13-12(8-10(3)15)18-6-7-19-14(18)16-13/h6-7,9-11H,8,15H2,1-5H3. The van der Waals surface area contributed by atoms with E-state index in [0.717, 1.165) is 17.2 Å². The van der Waals surface area contributed by atoms with Crippen molar-refractivity contribution in [3.63, 3.8) is 0 Å². The second-order valence-electron chi connectivity index (χ2n) is 5.71. The first kappa shape index (κ1) is 14.3. The molecule has 0 bridgehead atoms. The van der Waals surface area contributed by atoms with Crippen molar-refractivity contribution in [3.8, 4) is 0 Å². The topological polar surface area (TPSA) is 46.6 Å². The minimum Gasteiger partial charge on any atom is -0.355 e. The predicted octanol–water partition coefficient (Wildman–Crippen LogP) is 2.77. The summed E-state index contributed by atoms with van der Waals surface area (Å²) in [6.07, 6.45) is 2.94. The van der Waals surface area contributed by atoms with Crippen molar-refractivity contribution in [2.75, 3.05) is 11.9 Å². The lowest BCUT2D eigenvalue weighted by molar-refractivity contribution is 0.501. The summed E-state index contributed by atoms with van der Waals surface area (Å²) in [6, 6.07) is 0.595. The quantitative estimate of drug-likeness (QED) is 0.916. The summed E-state index contributed by atoms with van der Waals surface area (Å²) in [4.78, 5) is 8.11. The van der Waals surface area contributed by atoms with Crippen LogP contribution in [0.1, 0.15) is 33.4 Å². The fraction of sp³-hybridized carbons (Fsp3) is 0.643. The van der Waals surface area contributed by atoms with E-state index in [-0.39, 0.29) is 6.04 Å². The molecule has 0 spiro atoms. The minimum atomic E-state index is 0.140. The third-order valence-electron chi connectivity index (χ3n) is 3.77. The van der Waals surface area contributed by atoms with Crippen molar-refractivity contribution >= 4 is 22.1 Å². The molecule has 106 valence electrons. The molecule has 0 amide bonds. The normalized spacial score (nSPS) is 15.1. The van der Waals surface area contributed by atoms with Gasteiger partial charge in [-0.15, -0.1) is 11.3 Å². The van der Waals surface area contributed by atoms with E-state index < -0.39 is 0 Å². The molecule has 0 aliphatic carbocycles. The Kier molecular flexibility index (Phi) is 4.16. The van der Waals surface area contributed by atoms with Crippen molar-refractivity contribution in [1.82, 2.24) is 9.38 Å². The van der Waals surface area contributed by atoms with E-state index in [9.17, 15) is 0 Å². The number of rotatable bonds is 5. The number of aromatic nitrogens is 2. The van der Waals surface area contributed by atoms with Gasteiger partial charge in [0.2, 0.25) is 0 Å². The van der Waals surface area contributed by atoms with Crippen LogP contribution in [0.4, 0.5) is 5.82 Å². The first-order chi connectivity index (χ1) is 8.91. The molecule has 2 aromatic heterocycles. The second-order valence-corrected chi connectivity index (χ2v) is 6.59. The molecule has 2 N–H and O–H groups in total. The maximum Gasteiger partial charge on any atom is 0.195 e. The zero-order chi connectivity index (χ0) is 14.2. The molecule has 0 fully saturated rings. The summed E-state index contributed by atoms with van der Waals surface area (Å²) in [5, 5.41) is 2.07. The van der Waals surface area contributed by atoms with Crippen LogP contribution < -0.4 is 10.6 Å². The zero-order valence-corrected chi connectivity index (χ0v) is 13.2. The average Bonchev–Trinajstić information content (AvgIpc) is 2.89. The Balaban J connectivity index is 2.43. The van der Waals surface area contributed by atoms with Crippen molar-refractivity contribution in [1.29, 1.82) is 0 Å². The number of nitrogens with two attached hydrogens (primary N) is 1. The number of imidazole rings is 1. The van der Waals surface area contributed by atoms with Crippen LogP contribution in [0.5, 0.6) is 0 Å².